The lowest BCUT2D eigenvalue weighted by Crippen LogP contribution is -2.35. The van der Waals surface area contributed by atoms with Crippen molar-refractivity contribution in [3.63, 3.8) is 0 Å². The summed E-state index contributed by atoms with van der Waals surface area (Å²) in [4.78, 5) is 35.6. The largest absolute Gasteiger partial charge is 0.444 e. The SMILES string of the molecule is CCCc1c(Br)nc(C2CC2)n1C.CN(Cc1c(Br)nc(C2CC2)n1C(=O)OC(C)(C)C)C(=O)OC(C)(C)C.Cl.Cl. The van der Waals surface area contributed by atoms with Gasteiger partial charge in [-0.25, -0.2) is 24.1 Å². The first kappa shape index (κ1) is 37.7. The first-order valence-electron chi connectivity index (χ1n) is 13.7. The Morgan fingerprint density at radius 1 is 0.878 bits per heavy atom. The summed E-state index contributed by atoms with van der Waals surface area (Å²) < 4.78 is 16.3. The molecule has 2 aliphatic carbocycles. The van der Waals surface area contributed by atoms with Crippen LogP contribution in [0.5, 0.6) is 0 Å². The molecule has 2 saturated carbocycles. The van der Waals surface area contributed by atoms with Crippen molar-refractivity contribution in [2.24, 2.45) is 7.05 Å². The first-order chi connectivity index (χ1) is 18.0. The number of hydrogen-bond donors (Lipinski definition) is 0. The van der Waals surface area contributed by atoms with Gasteiger partial charge in [0.05, 0.1) is 17.9 Å². The molecule has 0 bridgehead atoms. The minimum atomic E-state index is -0.622. The Hall–Kier alpha value is -1.30. The van der Waals surface area contributed by atoms with Crippen molar-refractivity contribution >= 4 is 68.9 Å². The average molecular weight is 746 g/mol. The van der Waals surface area contributed by atoms with E-state index in [-0.39, 0.29) is 37.3 Å². The van der Waals surface area contributed by atoms with E-state index in [9.17, 15) is 9.59 Å². The minimum Gasteiger partial charge on any atom is -0.444 e. The molecule has 0 aliphatic heterocycles. The van der Waals surface area contributed by atoms with Crippen molar-refractivity contribution < 1.29 is 19.1 Å². The number of nitrogens with zero attached hydrogens (tertiary/aromatic N) is 5. The second-order valence-electron chi connectivity index (χ2n) is 12.4. The summed E-state index contributed by atoms with van der Waals surface area (Å²) in [6.45, 7) is 13.3. The third-order valence-corrected chi connectivity index (χ3v) is 7.46. The molecule has 41 heavy (non-hydrogen) atoms. The second-order valence-corrected chi connectivity index (χ2v) is 13.9. The predicted molar refractivity (Wildman–Crippen MR) is 173 cm³/mol. The van der Waals surface area contributed by atoms with E-state index in [0.717, 1.165) is 29.8 Å². The molecule has 0 aromatic carbocycles. The molecule has 234 valence electrons. The molecule has 2 aromatic heterocycles. The van der Waals surface area contributed by atoms with Crippen LogP contribution in [-0.2, 0) is 29.5 Å². The van der Waals surface area contributed by atoms with E-state index >= 15 is 0 Å². The van der Waals surface area contributed by atoms with Gasteiger partial charge in [0.2, 0.25) is 0 Å². The number of carbonyl (C=O) groups excluding carboxylic acids is 2. The minimum absolute atomic E-state index is 0. The van der Waals surface area contributed by atoms with Crippen LogP contribution < -0.4 is 0 Å². The Balaban J connectivity index is 0.000000471. The highest BCUT2D eigenvalue weighted by Gasteiger charge is 2.35. The molecule has 4 rings (SSSR count). The lowest BCUT2D eigenvalue weighted by atomic mass is 10.2. The summed E-state index contributed by atoms with van der Waals surface area (Å²) in [5, 5.41) is 0. The summed E-state index contributed by atoms with van der Waals surface area (Å²) >= 11 is 6.97. The van der Waals surface area contributed by atoms with Crippen LogP contribution in [0, 0.1) is 0 Å². The first-order valence-corrected chi connectivity index (χ1v) is 15.3. The Kier molecular flexibility index (Phi) is 13.7. The van der Waals surface area contributed by atoms with Gasteiger partial charge in [-0.3, -0.25) is 0 Å². The quantitative estimate of drug-likeness (QED) is 0.295. The molecule has 13 heteroatoms. The highest BCUT2D eigenvalue weighted by Crippen LogP contribution is 2.42. The number of aromatic nitrogens is 4. The normalized spacial score (nSPS) is 14.7. The van der Waals surface area contributed by atoms with Gasteiger partial charge >= 0.3 is 12.2 Å². The van der Waals surface area contributed by atoms with Gasteiger partial charge in [0.15, 0.2) is 0 Å². The summed E-state index contributed by atoms with van der Waals surface area (Å²) in [5.41, 5.74) is 0.717. The topological polar surface area (TPSA) is 91.5 Å². The Labute approximate surface area is 273 Å². The molecule has 0 spiro atoms. The summed E-state index contributed by atoms with van der Waals surface area (Å²) in [5.74, 6) is 2.94. The zero-order valence-electron chi connectivity index (χ0n) is 25.5. The van der Waals surface area contributed by atoms with Gasteiger partial charge < -0.3 is 18.9 Å². The third kappa shape index (κ3) is 10.7. The lowest BCUT2D eigenvalue weighted by molar-refractivity contribution is 0.0273. The molecule has 0 radical (unpaired) electrons. The zero-order chi connectivity index (χ0) is 29.3. The molecule has 2 fully saturated rings. The molecule has 2 heterocycles. The number of rotatable bonds is 6. The van der Waals surface area contributed by atoms with E-state index < -0.39 is 23.4 Å². The van der Waals surface area contributed by atoms with Crippen LogP contribution in [0.25, 0.3) is 0 Å². The van der Waals surface area contributed by atoms with Crippen LogP contribution in [-0.4, -0.2) is 54.4 Å². The van der Waals surface area contributed by atoms with Crippen LogP contribution >= 0.6 is 56.7 Å². The van der Waals surface area contributed by atoms with Gasteiger partial charge in [-0.2, -0.15) is 0 Å². The van der Waals surface area contributed by atoms with Gasteiger partial charge in [-0.1, -0.05) is 13.3 Å². The molecule has 9 nitrogen and oxygen atoms in total. The standard InChI is InChI=1S/C18H28BrN3O4.C10H15BrN2.2ClH/c1-17(2,3)25-15(23)21(7)10-12-13(19)20-14(11-8-9-11)22(12)16(24)26-18(4,5)6;1-3-4-8-9(11)12-10(13(8)2)7-5-6-7;;/h11H,8-10H2,1-7H3;7H,3-6H2,1-2H3;2*1H. The smallest absolute Gasteiger partial charge is 0.420 e. The van der Waals surface area contributed by atoms with E-state index in [1.165, 1.54) is 40.2 Å². The lowest BCUT2D eigenvalue weighted by Gasteiger charge is -2.25. The van der Waals surface area contributed by atoms with Crippen LogP contribution in [0.1, 0.15) is 115 Å². The molecule has 2 aliphatic rings. The van der Waals surface area contributed by atoms with E-state index in [1.54, 1.807) is 7.05 Å². The van der Waals surface area contributed by atoms with Gasteiger partial charge in [0, 0.05) is 25.9 Å². The summed E-state index contributed by atoms with van der Waals surface area (Å²) in [6, 6.07) is 0. The van der Waals surface area contributed by atoms with E-state index in [1.807, 2.05) is 41.5 Å². The van der Waals surface area contributed by atoms with Crippen molar-refractivity contribution in [1.29, 1.82) is 0 Å². The number of hydrogen-bond acceptors (Lipinski definition) is 6. The van der Waals surface area contributed by atoms with Crippen molar-refractivity contribution in [3.05, 3.63) is 32.2 Å². The Morgan fingerprint density at radius 2 is 1.34 bits per heavy atom. The number of carbonyl (C=O) groups is 2. The van der Waals surface area contributed by atoms with Crippen LogP contribution in [0.2, 0.25) is 0 Å². The molecular formula is C28H45Br2Cl2N5O4. The number of halogens is 4. The van der Waals surface area contributed by atoms with Crippen molar-refractivity contribution in [1.82, 2.24) is 24.0 Å². The third-order valence-electron chi connectivity index (χ3n) is 6.19. The number of amides is 1. The molecule has 0 atom stereocenters. The van der Waals surface area contributed by atoms with Crippen molar-refractivity contribution in [3.8, 4) is 0 Å². The molecule has 2 aromatic rings. The van der Waals surface area contributed by atoms with Crippen LogP contribution in [0.3, 0.4) is 0 Å². The van der Waals surface area contributed by atoms with Gasteiger partial charge in [0.1, 0.15) is 32.1 Å². The predicted octanol–water partition coefficient (Wildman–Crippen LogP) is 8.53. The van der Waals surface area contributed by atoms with Crippen molar-refractivity contribution in [2.45, 2.75) is 117 Å². The van der Waals surface area contributed by atoms with Gasteiger partial charge in [-0.15, -0.1) is 24.8 Å². The fourth-order valence-corrected chi connectivity index (χ4v) is 5.20. The van der Waals surface area contributed by atoms with E-state index in [2.05, 4.69) is 60.4 Å². The average Bonchev–Trinajstić information content (AvgIpc) is 3.71. The van der Waals surface area contributed by atoms with Crippen molar-refractivity contribution in [2.75, 3.05) is 7.05 Å². The van der Waals surface area contributed by atoms with Crippen LogP contribution in [0.4, 0.5) is 9.59 Å². The number of ether oxygens (including phenoxy) is 2. The highest BCUT2D eigenvalue weighted by molar-refractivity contribution is 9.10. The molecule has 1 amide bonds. The zero-order valence-corrected chi connectivity index (χ0v) is 30.4. The maximum absolute atomic E-state index is 12.8. The summed E-state index contributed by atoms with van der Waals surface area (Å²) in [6.07, 6.45) is 5.99. The fraction of sp³-hybridized carbons (Fsp3) is 0.714. The maximum Gasteiger partial charge on any atom is 0.420 e. The maximum atomic E-state index is 12.8. The monoisotopic (exact) mass is 743 g/mol. The van der Waals surface area contributed by atoms with E-state index in [0.29, 0.717) is 16.1 Å². The highest BCUT2D eigenvalue weighted by atomic mass is 79.9. The van der Waals surface area contributed by atoms with Crippen LogP contribution in [0.15, 0.2) is 9.21 Å². The Morgan fingerprint density at radius 3 is 1.80 bits per heavy atom. The molecular weight excluding hydrogens is 701 g/mol. The summed E-state index contributed by atoms with van der Waals surface area (Å²) in [7, 11) is 3.76. The molecule has 0 saturated heterocycles. The van der Waals surface area contributed by atoms with E-state index in [4.69, 9.17) is 9.47 Å². The molecule has 0 N–H and O–H groups in total. The van der Waals surface area contributed by atoms with Gasteiger partial charge in [0.25, 0.3) is 0 Å². The fourth-order valence-electron chi connectivity index (χ4n) is 4.07. The molecule has 0 unspecified atom stereocenters. The second kappa shape index (κ2) is 14.9. The number of imidazole rings is 2. The van der Waals surface area contributed by atoms with Gasteiger partial charge in [-0.05, 0) is 106 Å². The Bertz CT molecular complexity index is 1200.